The van der Waals surface area contributed by atoms with E-state index in [2.05, 4.69) is 15.2 Å². The van der Waals surface area contributed by atoms with Crippen molar-refractivity contribution in [3.63, 3.8) is 0 Å². The van der Waals surface area contributed by atoms with Crippen LogP contribution >= 0.6 is 24.0 Å². The lowest BCUT2D eigenvalue weighted by Crippen LogP contribution is -2.39. The van der Waals surface area contributed by atoms with Crippen molar-refractivity contribution in [3.8, 4) is 5.88 Å². The van der Waals surface area contributed by atoms with Crippen LogP contribution in [0.5, 0.6) is 5.88 Å². The summed E-state index contributed by atoms with van der Waals surface area (Å²) in [7, 11) is 0. The molecule has 1 N–H and O–H groups in total. The average molecular weight is 440 g/mol. The van der Waals surface area contributed by atoms with Gasteiger partial charge in [-0.15, -0.1) is 12.4 Å². The molecule has 1 saturated carbocycles. The highest BCUT2D eigenvalue weighted by molar-refractivity contribution is 6.34. The molecule has 1 aliphatic carbocycles. The SMILES string of the molecule is Cl.O=C(Nc1cccc(OC2CCN(CC3CC3)CC2)n1)c1c(F)cccc1Cl. The lowest BCUT2D eigenvalue weighted by atomic mass is 10.1. The minimum Gasteiger partial charge on any atom is -0.474 e. The lowest BCUT2D eigenvalue weighted by molar-refractivity contribution is 0.0945. The third-order valence-electron chi connectivity index (χ3n) is 5.19. The zero-order chi connectivity index (χ0) is 19.5. The highest BCUT2D eigenvalue weighted by atomic mass is 35.5. The fourth-order valence-corrected chi connectivity index (χ4v) is 3.74. The molecule has 2 aromatic rings. The van der Waals surface area contributed by atoms with Gasteiger partial charge < -0.3 is 15.0 Å². The number of amides is 1. The van der Waals surface area contributed by atoms with Crippen LogP contribution in [0.2, 0.25) is 5.02 Å². The standard InChI is InChI=1S/C21H23ClFN3O2.ClH/c22-16-3-1-4-17(23)20(16)21(27)25-18-5-2-6-19(24-18)28-15-9-11-26(12-10-15)13-14-7-8-14;/h1-6,14-15H,7-13H2,(H,24,25,27);1H. The van der Waals surface area contributed by atoms with Crippen LogP contribution in [-0.2, 0) is 0 Å². The summed E-state index contributed by atoms with van der Waals surface area (Å²) < 4.78 is 19.9. The summed E-state index contributed by atoms with van der Waals surface area (Å²) in [5.74, 6) is 0.352. The predicted molar refractivity (Wildman–Crippen MR) is 114 cm³/mol. The van der Waals surface area contributed by atoms with Gasteiger partial charge in [-0.25, -0.2) is 4.39 Å². The van der Waals surface area contributed by atoms with Crippen LogP contribution in [-0.4, -0.2) is 41.5 Å². The number of hydrogen-bond donors (Lipinski definition) is 1. The van der Waals surface area contributed by atoms with Gasteiger partial charge in [0.25, 0.3) is 5.91 Å². The molecule has 1 amide bonds. The number of anilines is 1. The number of benzene rings is 1. The first-order valence-electron chi connectivity index (χ1n) is 9.70. The van der Waals surface area contributed by atoms with E-state index >= 15 is 0 Å². The Hall–Kier alpha value is -1.89. The zero-order valence-corrected chi connectivity index (χ0v) is 17.5. The number of piperidine rings is 1. The second-order valence-electron chi connectivity index (χ2n) is 7.47. The van der Waals surface area contributed by atoms with E-state index in [1.165, 1.54) is 37.6 Å². The first kappa shape index (κ1) is 21.8. The van der Waals surface area contributed by atoms with Gasteiger partial charge in [0.2, 0.25) is 5.88 Å². The summed E-state index contributed by atoms with van der Waals surface area (Å²) in [6.07, 6.45) is 4.80. The molecule has 2 fully saturated rings. The fourth-order valence-electron chi connectivity index (χ4n) is 3.49. The van der Waals surface area contributed by atoms with Crippen LogP contribution < -0.4 is 10.1 Å². The van der Waals surface area contributed by atoms with Gasteiger partial charge in [-0.2, -0.15) is 4.98 Å². The Labute approximate surface area is 181 Å². The number of hydrogen-bond acceptors (Lipinski definition) is 4. The van der Waals surface area contributed by atoms with E-state index in [0.29, 0.717) is 11.7 Å². The maximum absolute atomic E-state index is 13.9. The number of carbonyl (C=O) groups is 1. The quantitative estimate of drug-likeness (QED) is 0.701. The normalized spacial score (nSPS) is 17.4. The van der Waals surface area contributed by atoms with E-state index in [1.54, 1.807) is 18.2 Å². The fraction of sp³-hybridized carbons (Fsp3) is 0.429. The number of rotatable bonds is 6. The van der Waals surface area contributed by atoms with Crippen LogP contribution in [0, 0.1) is 11.7 Å². The predicted octanol–water partition coefficient (Wildman–Crippen LogP) is 4.80. The first-order chi connectivity index (χ1) is 13.6. The van der Waals surface area contributed by atoms with Gasteiger partial charge in [0.15, 0.2) is 0 Å². The summed E-state index contributed by atoms with van der Waals surface area (Å²) in [4.78, 5) is 19.2. The van der Waals surface area contributed by atoms with Gasteiger partial charge >= 0.3 is 0 Å². The zero-order valence-electron chi connectivity index (χ0n) is 15.9. The molecular formula is C21H24Cl2FN3O2. The van der Waals surface area contributed by atoms with Crippen molar-refractivity contribution >= 4 is 35.7 Å². The molecule has 1 aliphatic heterocycles. The number of nitrogens with one attached hydrogen (secondary N) is 1. The number of ether oxygens (including phenoxy) is 1. The summed E-state index contributed by atoms with van der Waals surface area (Å²) in [6, 6.07) is 9.28. The van der Waals surface area contributed by atoms with E-state index in [0.717, 1.165) is 31.8 Å². The number of nitrogens with zero attached hydrogens (tertiary/aromatic N) is 2. The molecule has 5 nitrogen and oxygen atoms in total. The van der Waals surface area contributed by atoms with Crippen molar-refractivity contribution in [2.24, 2.45) is 5.92 Å². The van der Waals surface area contributed by atoms with Crippen LogP contribution in [0.4, 0.5) is 10.2 Å². The lowest BCUT2D eigenvalue weighted by Gasteiger charge is -2.31. The third kappa shape index (κ3) is 5.81. The molecule has 1 saturated heterocycles. The Morgan fingerprint density at radius 2 is 1.90 bits per heavy atom. The van der Waals surface area contributed by atoms with Gasteiger partial charge in [0.1, 0.15) is 17.7 Å². The van der Waals surface area contributed by atoms with E-state index in [-0.39, 0.29) is 29.1 Å². The van der Waals surface area contributed by atoms with Gasteiger partial charge in [0.05, 0.1) is 10.6 Å². The van der Waals surface area contributed by atoms with Gasteiger partial charge in [-0.1, -0.05) is 23.7 Å². The molecule has 0 atom stereocenters. The molecule has 8 heteroatoms. The van der Waals surface area contributed by atoms with Crippen molar-refractivity contribution in [2.45, 2.75) is 31.8 Å². The molecule has 0 spiro atoms. The minimum absolute atomic E-state index is 0. The molecule has 4 rings (SSSR count). The molecular weight excluding hydrogens is 416 g/mol. The van der Waals surface area contributed by atoms with Gasteiger partial charge in [0, 0.05) is 25.7 Å². The van der Waals surface area contributed by atoms with E-state index in [4.69, 9.17) is 16.3 Å². The highest BCUT2D eigenvalue weighted by Crippen LogP contribution is 2.31. The molecule has 0 bridgehead atoms. The summed E-state index contributed by atoms with van der Waals surface area (Å²) in [5, 5.41) is 2.65. The van der Waals surface area contributed by atoms with Crippen LogP contribution in [0.25, 0.3) is 0 Å². The average Bonchev–Trinajstić information content (AvgIpc) is 3.48. The number of carbonyl (C=O) groups excluding carboxylic acids is 1. The Morgan fingerprint density at radius 1 is 1.17 bits per heavy atom. The molecule has 156 valence electrons. The maximum Gasteiger partial charge on any atom is 0.261 e. The highest BCUT2D eigenvalue weighted by Gasteiger charge is 2.27. The van der Waals surface area contributed by atoms with Gasteiger partial charge in [-0.05, 0) is 49.8 Å². The smallest absolute Gasteiger partial charge is 0.261 e. The molecule has 29 heavy (non-hydrogen) atoms. The Kier molecular flexibility index (Phi) is 7.33. The summed E-state index contributed by atoms with van der Waals surface area (Å²) in [5.41, 5.74) is -0.194. The second kappa shape index (κ2) is 9.74. The number of aromatic nitrogens is 1. The van der Waals surface area contributed by atoms with Crippen LogP contribution in [0.15, 0.2) is 36.4 Å². The Bertz CT molecular complexity index is 835. The Balaban J connectivity index is 0.00000240. The topological polar surface area (TPSA) is 54.5 Å². The summed E-state index contributed by atoms with van der Waals surface area (Å²) >= 11 is 5.95. The molecule has 0 radical (unpaired) electrons. The molecule has 1 aromatic heterocycles. The Morgan fingerprint density at radius 3 is 2.59 bits per heavy atom. The van der Waals surface area contributed by atoms with Crippen LogP contribution in [0.1, 0.15) is 36.0 Å². The van der Waals surface area contributed by atoms with Crippen molar-refractivity contribution in [3.05, 3.63) is 52.8 Å². The largest absolute Gasteiger partial charge is 0.474 e. The van der Waals surface area contributed by atoms with E-state index < -0.39 is 11.7 Å². The van der Waals surface area contributed by atoms with Gasteiger partial charge in [-0.3, -0.25) is 4.79 Å². The molecule has 1 aromatic carbocycles. The second-order valence-corrected chi connectivity index (χ2v) is 7.88. The third-order valence-corrected chi connectivity index (χ3v) is 5.51. The van der Waals surface area contributed by atoms with Crippen molar-refractivity contribution in [1.29, 1.82) is 0 Å². The first-order valence-corrected chi connectivity index (χ1v) is 10.1. The van der Waals surface area contributed by atoms with E-state index in [1.807, 2.05) is 0 Å². The molecule has 0 unspecified atom stereocenters. The number of likely N-dealkylation sites (tertiary alicyclic amines) is 1. The maximum atomic E-state index is 13.9. The minimum atomic E-state index is -0.671. The number of halogens is 3. The van der Waals surface area contributed by atoms with Crippen LogP contribution in [0.3, 0.4) is 0 Å². The number of pyridine rings is 1. The monoisotopic (exact) mass is 439 g/mol. The van der Waals surface area contributed by atoms with Crippen molar-refractivity contribution < 1.29 is 13.9 Å². The summed E-state index contributed by atoms with van der Waals surface area (Å²) in [6.45, 7) is 3.30. The van der Waals surface area contributed by atoms with Crippen molar-refractivity contribution in [1.82, 2.24) is 9.88 Å². The van der Waals surface area contributed by atoms with Crippen molar-refractivity contribution in [2.75, 3.05) is 25.0 Å². The van der Waals surface area contributed by atoms with E-state index in [9.17, 15) is 9.18 Å². The molecule has 2 heterocycles. The molecule has 2 aliphatic rings.